The molecule has 0 saturated carbocycles. The number of hydrogen-bond acceptors (Lipinski definition) is 6. The number of nitrogens with two attached hydrogens (primary N) is 1. The maximum atomic E-state index is 10.4. The lowest BCUT2D eigenvalue weighted by molar-refractivity contribution is -0.147. The fourth-order valence-corrected chi connectivity index (χ4v) is 1.60. The third kappa shape index (κ3) is 9.98. The minimum atomic E-state index is -1.66. The van der Waals surface area contributed by atoms with Crippen molar-refractivity contribution in [3.63, 3.8) is 0 Å². The number of aliphatic carboxylic acids is 3. The van der Waals surface area contributed by atoms with Crippen LogP contribution < -0.4 is 5.73 Å². The number of hydrogen-bond donors (Lipinski definition) is 5. The number of carboxylic acids is 3. The zero-order valence-corrected chi connectivity index (χ0v) is 12.8. The van der Waals surface area contributed by atoms with Crippen molar-refractivity contribution in [2.24, 2.45) is 12.8 Å². The van der Waals surface area contributed by atoms with Crippen LogP contribution in [-0.2, 0) is 27.9 Å². The quantitative estimate of drug-likeness (QED) is 0.422. The van der Waals surface area contributed by atoms with Gasteiger partial charge in [0, 0.05) is 19.7 Å². The van der Waals surface area contributed by atoms with E-state index >= 15 is 0 Å². The van der Waals surface area contributed by atoms with Crippen LogP contribution in [0.4, 0.5) is 0 Å². The first-order valence-electron chi connectivity index (χ1n) is 6.54. The lowest BCUT2D eigenvalue weighted by atomic mass is 9.99. The molecule has 0 spiro atoms. The van der Waals surface area contributed by atoms with E-state index in [0.29, 0.717) is 5.69 Å². The minimum Gasteiger partial charge on any atom is -0.481 e. The van der Waals surface area contributed by atoms with Gasteiger partial charge in [-0.15, -0.1) is 0 Å². The number of carbonyl (C=O) groups is 3. The summed E-state index contributed by atoms with van der Waals surface area (Å²) < 4.78 is 1.75. The summed E-state index contributed by atoms with van der Waals surface area (Å²) in [5.74, 6) is -3.42. The first-order chi connectivity index (χ1) is 10.4. The molecule has 0 fully saturated rings. The maximum absolute atomic E-state index is 10.4. The highest BCUT2D eigenvalue weighted by molar-refractivity contribution is 5.73. The van der Waals surface area contributed by atoms with Gasteiger partial charge in [-0.1, -0.05) is 0 Å². The van der Waals surface area contributed by atoms with Crippen molar-refractivity contribution in [3.8, 4) is 0 Å². The molecule has 0 aliphatic rings. The molecule has 0 radical (unpaired) electrons. The van der Waals surface area contributed by atoms with E-state index in [1.165, 1.54) is 6.92 Å². The minimum absolute atomic E-state index is 0.274. The van der Waals surface area contributed by atoms with Crippen LogP contribution in [-0.4, -0.2) is 59.5 Å². The summed E-state index contributed by atoms with van der Waals surface area (Å²) in [6.07, 6.45) is 2.53. The zero-order chi connectivity index (χ0) is 18.2. The van der Waals surface area contributed by atoms with E-state index in [1.807, 2.05) is 7.05 Å². The highest BCUT2D eigenvalue weighted by Gasteiger charge is 2.27. The van der Waals surface area contributed by atoms with Gasteiger partial charge in [-0.2, -0.15) is 0 Å². The number of nitrogens with zero attached hydrogens (tertiary/aromatic N) is 2. The van der Waals surface area contributed by atoms with Crippen LogP contribution in [0.25, 0.3) is 0 Å². The fourth-order valence-electron chi connectivity index (χ4n) is 1.60. The summed E-state index contributed by atoms with van der Waals surface area (Å²) in [6, 6.07) is -0.861. The second-order valence-corrected chi connectivity index (χ2v) is 5.32. The second kappa shape index (κ2) is 8.86. The molecule has 1 aromatic rings. The summed E-state index contributed by atoms with van der Waals surface area (Å²) in [5, 5.41) is 34.0. The van der Waals surface area contributed by atoms with Crippen molar-refractivity contribution in [3.05, 3.63) is 18.2 Å². The molecular formula is C13H21N3O7. The molecular weight excluding hydrogens is 310 g/mol. The van der Waals surface area contributed by atoms with Crippen molar-refractivity contribution in [1.29, 1.82) is 0 Å². The predicted molar refractivity (Wildman–Crippen MR) is 77.7 cm³/mol. The van der Waals surface area contributed by atoms with Gasteiger partial charge in [0.25, 0.3) is 0 Å². The lowest BCUT2D eigenvalue weighted by Crippen LogP contribution is -2.32. The average molecular weight is 331 g/mol. The average Bonchev–Trinajstić information content (AvgIpc) is 2.71. The Balaban J connectivity index is 0.000000423. The Bertz CT molecular complexity index is 536. The molecule has 0 aliphatic carbocycles. The first-order valence-corrected chi connectivity index (χ1v) is 6.54. The standard InChI is InChI=1S/C7H11N3O2.C6H10O5/c1-10-3-5(9-4-10)2-6(8)7(11)12;1-6(11,2-4(7)8)3-5(9)10/h3-4,6H,2,8H2,1H3,(H,11,12);11H,2-3H2,1H3,(H,7,8)(H,9,10). The molecule has 0 aliphatic heterocycles. The molecule has 1 atom stereocenters. The number of aromatic nitrogens is 2. The van der Waals surface area contributed by atoms with Crippen LogP contribution in [0, 0.1) is 0 Å². The summed E-state index contributed by atoms with van der Waals surface area (Å²) in [5.41, 5.74) is 4.36. The normalized spacial score (nSPS) is 12.0. The van der Waals surface area contributed by atoms with Crippen LogP contribution in [0.5, 0.6) is 0 Å². The molecule has 0 amide bonds. The van der Waals surface area contributed by atoms with Crippen molar-refractivity contribution < 1.29 is 34.8 Å². The Kier molecular flexibility index (Phi) is 7.91. The summed E-state index contributed by atoms with van der Waals surface area (Å²) in [7, 11) is 1.82. The largest absolute Gasteiger partial charge is 0.481 e. The number of aliphatic hydroxyl groups is 1. The molecule has 1 unspecified atom stereocenters. The highest BCUT2D eigenvalue weighted by Crippen LogP contribution is 2.13. The number of rotatable bonds is 7. The van der Waals surface area contributed by atoms with E-state index in [1.54, 1.807) is 17.1 Å². The van der Waals surface area contributed by atoms with E-state index in [-0.39, 0.29) is 6.42 Å². The molecule has 10 nitrogen and oxygen atoms in total. The van der Waals surface area contributed by atoms with E-state index in [4.69, 9.17) is 26.2 Å². The van der Waals surface area contributed by atoms with Gasteiger partial charge in [-0.05, 0) is 6.92 Å². The maximum Gasteiger partial charge on any atom is 0.320 e. The predicted octanol–water partition coefficient (Wildman–Crippen LogP) is -0.939. The van der Waals surface area contributed by atoms with E-state index in [2.05, 4.69) is 4.98 Å². The Hall–Kier alpha value is -2.46. The van der Waals surface area contributed by atoms with Crippen LogP contribution >= 0.6 is 0 Å². The number of aryl methyl sites for hydroxylation is 1. The van der Waals surface area contributed by atoms with Crippen molar-refractivity contribution in [1.82, 2.24) is 9.55 Å². The molecule has 0 bridgehead atoms. The second-order valence-electron chi connectivity index (χ2n) is 5.32. The number of carboxylic acid groups (broad SMARTS) is 3. The topological polar surface area (TPSA) is 176 Å². The summed E-state index contributed by atoms with van der Waals surface area (Å²) in [4.78, 5) is 34.4. The van der Waals surface area contributed by atoms with Gasteiger partial charge in [0.2, 0.25) is 0 Å². The third-order valence-corrected chi connectivity index (χ3v) is 2.57. The fraction of sp³-hybridized carbons (Fsp3) is 0.538. The SMILES string of the molecule is CC(O)(CC(=O)O)CC(=O)O.Cn1cnc(CC(N)C(=O)O)c1. The van der Waals surface area contributed by atoms with Gasteiger partial charge >= 0.3 is 17.9 Å². The van der Waals surface area contributed by atoms with E-state index in [0.717, 1.165) is 0 Å². The number of imidazole rings is 1. The molecule has 23 heavy (non-hydrogen) atoms. The van der Waals surface area contributed by atoms with Crippen LogP contribution in [0.15, 0.2) is 12.5 Å². The van der Waals surface area contributed by atoms with Gasteiger partial charge in [0.05, 0.1) is 30.5 Å². The van der Waals surface area contributed by atoms with Gasteiger partial charge in [0.1, 0.15) is 6.04 Å². The van der Waals surface area contributed by atoms with Crippen LogP contribution in [0.1, 0.15) is 25.5 Å². The highest BCUT2D eigenvalue weighted by atomic mass is 16.4. The smallest absolute Gasteiger partial charge is 0.320 e. The van der Waals surface area contributed by atoms with Gasteiger partial charge in [-0.3, -0.25) is 14.4 Å². The molecule has 0 aromatic carbocycles. The van der Waals surface area contributed by atoms with Crippen LogP contribution in [0.2, 0.25) is 0 Å². The van der Waals surface area contributed by atoms with Crippen molar-refractivity contribution >= 4 is 17.9 Å². The Labute approximate surface area is 132 Å². The molecule has 1 aromatic heterocycles. The van der Waals surface area contributed by atoms with Gasteiger partial charge in [0.15, 0.2) is 0 Å². The molecule has 10 heteroatoms. The Morgan fingerprint density at radius 1 is 1.26 bits per heavy atom. The van der Waals surface area contributed by atoms with Crippen molar-refractivity contribution in [2.75, 3.05) is 0 Å². The summed E-state index contributed by atoms with van der Waals surface area (Å²) in [6.45, 7) is 1.18. The molecule has 6 N–H and O–H groups in total. The zero-order valence-electron chi connectivity index (χ0n) is 12.8. The Morgan fingerprint density at radius 2 is 1.74 bits per heavy atom. The molecule has 1 rings (SSSR count). The molecule has 130 valence electrons. The van der Waals surface area contributed by atoms with E-state index < -0.39 is 42.4 Å². The molecule has 0 saturated heterocycles. The van der Waals surface area contributed by atoms with Crippen LogP contribution in [0.3, 0.4) is 0 Å². The third-order valence-electron chi connectivity index (χ3n) is 2.57. The van der Waals surface area contributed by atoms with E-state index in [9.17, 15) is 14.4 Å². The molecule has 1 heterocycles. The summed E-state index contributed by atoms with van der Waals surface area (Å²) >= 11 is 0. The lowest BCUT2D eigenvalue weighted by Gasteiger charge is -2.17. The monoisotopic (exact) mass is 331 g/mol. The first kappa shape index (κ1) is 20.5. The van der Waals surface area contributed by atoms with Gasteiger partial charge in [-0.25, -0.2) is 4.98 Å². The Morgan fingerprint density at radius 3 is 2.04 bits per heavy atom. The van der Waals surface area contributed by atoms with Crippen molar-refractivity contribution in [2.45, 2.75) is 37.8 Å². The van der Waals surface area contributed by atoms with Gasteiger partial charge < -0.3 is 30.7 Å².